The zero-order valence-electron chi connectivity index (χ0n) is 9.78. The Balaban J connectivity index is 2.06. The minimum absolute atomic E-state index is 0.0746. The van der Waals surface area contributed by atoms with Crippen LogP contribution in [0.15, 0.2) is 11.1 Å². The number of H-pyrrole nitrogens is 1. The van der Waals surface area contributed by atoms with Crippen LogP contribution in [0.2, 0.25) is 0 Å². The first-order chi connectivity index (χ1) is 8.18. The van der Waals surface area contributed by atoms with Gasteiger partial charge in [0.05, 0.1) is 6.33 Å². The maximum atomic E-state index is 11.5. The van der Waals surface area contributed by atoms with E-state index in [1.54, 1.807) is 0 Å². The topological polar surface area (TPSA) is 58.2 Å². The van der Waals surface area contributed by atoms with Gasteiger partial charge in [0.1, 0.15) is 9.39 Å². The molecular weight excluding hydrogens is 333 g/mol. The number of anilines is 1. The van der Waals surface area contributed by atoms with E-state index in [0.29, 0.717) is 9.49 Å². The van der Waals surface area contributed by atoms with E-state index in [-0.39, 0.29) is 5.56 Å². The van der Waals surface area contributed by atoms with Gasteiger partial charge in [-0.25, -0.2) is 4.98 Å². The van der Waals surface area contributed by atoms with Crippen molar-refractivity contribution < 1.29 is 4.74 Å². The van der Waals surface area contributed by atoms with E-state index >= 15 is 0 Å². The van der Waals surface area contributed by atoms with E-state index in [9.17, 15) is 4.79 Å². The molecule has 6 heteroatoms. The Morgan fingerprint density at radius 2 is 2.29 bits per heavy atom. The smallest absolute Gasteiger partial charge is 0.266 e. The molecule has 0 amide bonds. The molecule has 2 heterocycles. The minimum Gasteiger partial charge on any atom is -0.381 e. The van der Waals surface area contributed by atoms with Crippen molar-refractivity contribution in [1.29, 1.82) is 0 Å². The van der Waals surface area contributed by atoms with Crippen molar-refractivity contribution in [3.63, 3.8) is 0 Å². The quantitative estimate of drug-likeness (QED) is 0.835. The van der Waals surface area contributed by atoms with Crippen LogP contribution in [0, 0.1) is 9.49 Å². The number of aromatic amines is 1. The Bertz CT molecular complexity index is 429. The van der Waals surface area contributed by atoms with Crippen molar-refractivity contribution in [1.82, 2.24) is 9.97 Å². The highest BCUT2D eigenvalue weighted by Gasteiger charge is 2.18. The zero-order chi connectivity index (χ0) is 12.3. The maximum absolute atomic E-state index is 11.5. The molecule has 17 heavy (non-hydrogen) atoms. The minimum atomic E-state index is -0.0746. The van der Waals surface area contributed by atoms with E-state index in [2.05, 4.69) is 14.9 Å². The van der Waals surface area contributed by atoms with Crippen LogP contribution >= 0.6 is 22.6 Å². The monoisotopic (exact) mass is 349 g/mol. The molecule has 1 aromatic heterocycles. The largest absolute Gasteiger partial charge is 0.381 e. The lowest BCUT2D eigenvalue weighted by Crippen LogP contribution is -2.31. The highest BCUT2D eigenvalue weighted by atomic mass is 127. The van der Waals surface area contributed by atoms with E-state index in [0.717, 1.165) is 38.4 Å². The average Bonchev–Trinajstić information content (AvgIpc) is 2.34. The maximum Gasteiger partial charge on any atom is 0.266 e. The standard InChI is InChI=1S/C11H16IN3O2/c1-15(6-8-2-4-17-5-3-8)10-9(12)11(16)14-7-13-10/h7-8H,2-6H2,1H3,(H,13,14,16). The summed E-state index contributed by atoms with van der Waals surface area (Å²) in [7, 11) is 1.99. The van der Waals surface area contributed by atoms with Gasteiger partial charge in [0.2, 0.25) is 0 Å². The molecule has 0 atom stereocenters. The molecule has 0 bridgehead atoms. The molecule has 1 saturated heterocycles. The van der Waals surface area contributed by atoms with Gasteiger partial charge in [-0.05, 0) is 41.4 Å². The van der Waals surface area contributed by atoms with Gasteiger partial charge in [-0.15, -0.1) is 0 Å². The number of hydrogen-bond acceptors (Lipinski definition) is 4. The molecule has 5 nitrogen and oxygen atoms in total. The van der Waals surface area contributed by atoms with Gasteiger partial charge < -0.3 is 14.6 Å². The van der Waals surface area contributed by atoms with Gasteiger partial charge in [-0.3, -0.25) is 4.79 Å². The molecule has 1 aliphatic heterocycles. The molecule has 94 valence electrons. The average molecular weight is 349 g/mol. The molecule has 0 spiro atoms. The lowest BCUT2D eigenvalue weighted by atomic mass is 10.00. The van der Waals surface area contributed by atoms with Crippen LogP contribution < -0.4 is 10.5 Å². The van der Waals surface area contributed by atoms with E-state index in [4.69, 9.17) is 4.74 Å². The molecule has 0 aromatic carbocycles. The summed E-state index contributed by atoms with van der Waals surface area (Å²) in [5.41, 5.74) is -0.0746. The Labute approximate surface area is 114 Å². The molecule has 0 radical (unpaired) electrons. The number of nitrogens with one attached hydrogen (secondary N) is 1. The molecule has 1 aliphatic rings. The second-order valence-electron chi connectivity index (χ2n) is 4.31. The predicted molar refractivity (Wildman–Crippen MR) is 74.4 cm³/mol. The van der Waals surface area contributed by atoms with Gasteiger partial charge in [-0.1, -0.05) is 0 Å². The summed E-state index contributed by atoms with van der Waals surface area (Å²) < 4.78 is 5.99. The predicted octanol–water partition coefficient (Wildman–Crippen LogP) is 1.24. The molecule has 0 saturated carbocycles. The summed E-state index contributed by atoms with van der Waals surface area (Å²) in [4.78, 5) is 20.4. The van der Waals surface area contributed by atoms with Crippen LogP contribution in [0.4, 0.5) is 5.82 Å². The lowest BCUT2D eigenvalue weighted by Gasteiger charge is -2.28. The van der Waals surface area contributed by atoms with E-state index < -0.39 is 0 Å². The number of halogens is 1. The third kappa shape index (κ3) is 3.19. The molecule has 0 aliphatic carbocycles. The summed E-state index contributed by atoms with van der Waals surface area (Å²) in [5, 5.41) is 0. The third-order valence-electron chi connectivity index (χ3n) is 3.01. The van der Waals surface area contributed by atoms with Gasteiger partial charge in [0, 0.05) is 26.8 Å². The number of rotatable bonds is 3. The third-order valence-corrected chi connectivity index (χ3v) is 3.98. The first kappa shape index (κ1) is 12.8. The molecule has 1 aromatic rings. The van der Waals surface area contributed by atoms with Crippen LogP contribution in [0.3, 0.4) is 0 Å². The summed E-state index contributed by atoms with van der Waals surface area (Å²) in [6.45, 7) is 2.62. The molecular formula is C11H16IN3O2. The zero-order valence-corrected chi connectivity index (χ0v) is 11.9. The highest BCUT2D eigenvalue weighted by Crippen LogP contribution is 2.20. The first-order valence-electron chi connectivity index (χ1n) is 5.70. The Morgan fingerprint density at radius 1 is 1.59 bits per heavy atom. The first-order valence-corrected chi connectivity index (χ1v) is 6.78. The summed E-state index contributed by atoms with van der Waals surface area (Å²) >= 11 is 2.04. The lowest BCUT2D eigenvalue weighted by molar-refractivity contribution is 0.0685. The summed E-state index contributed by atoms with van der Waals surface area (Å²) in [6.07, 6.45) is 3.63. The Kier molecular flexibility index (Phi) is 4.38. The molecule has 2 rings (SSSR count). The van der Waals surface area contributed by atoms with Gasteiger partial charge >= 0.3 is 0 Å². The molecule has 0 unspecified atom stereocenters. The van der Waals surface area contributed by atoms with Crippen molar-refractivity contribution in [3.8, 4) is 0 Å². The van der Waals surface area contributed by atoms with Crippen LogP contribution in [0.1, 0.15) is 12.8 Å². The van der Waals surface area contributed by atoms with Gasteiger partial charge in [-0.2, -0.15) is 0 Å². The molecule has 1 fully saturated rings. The SMILES string of the molecule is CN(CC1CCOCC1)c1nc[nH]c(=O)c1I. The highest BCUT2D eigenvalue weighted by molar-refractivity contribution is 14.1. The van der Waals surface area contributed by atoms with Crippen molar-refractivity contribution in [3.05, 3.63) is 20.3 Å². The van der Waals surface area contributed by atoms with Crippen molar-refractivity contribution in [2.24, 2.45) is 5.92 Å². The van der Waals surface area contributed by atoms with Crippen molar-refractivity contribution >= 4 is 28.4 Å². The van der Waals surface area contributed by atoms with Crippen LogP contribution in [0.5, 0.6) is 0 Å². The number of nitrogens with zero attached hydrogens (tertiary/aromatic N) is 2. The van der Waals surface area contributed by atoms with Gasteiger partial charge in [0.25, 0.3) is 5.56 Å². The van der Waals surface area contributed by atoms with Crippen LogP contribution in [0.25, 0.3) is 0 Å². The Hall–Kier alpha value is -0.630. The number of ether oxygens (including phenoxy) is 1. The van der Waals surface area contributed by atoms with Crippen LogP contribution in [-0.2, 0) is 4.74 Å². The number of hydrogen-bond donors (Lipinski definition) is 1. The number of aromatic nitrogens is 2. The second-order valence-corrected chi connectivity index (χ2v) is 5.38. The second kappa shape index (κ2) is 5.81. The summed E-state index contributed by atoms with van der Waals surface area (Å²) in [5.74, 6) is 1.39. The van der Waals surface area contributed by atoms with E-state index in [1.165, 1.54) is 6.33 Å². The molecule has 1 N–H and O–H groups in total. The normalized spacial score (nSPS) is 17.1. The summed E-state index contributed by atoms with van der Waals surface area (Å²) in [6, 6.07) is 0. The van der Waals surface area contributed by atoms with E-state index in [1.807, 2.05) is 29.6 Å². The van der Waals surface area contributed by atoms with Crippen LogP contribution in [-0.4, -0.2) is 36.8 Å². The fourth-order valence-electron chi connectivity index (χ4n) is 2.04. The van der Waals surface area contributed by atoms with Crippen molar-refractivity contribution in [2.75, 3.05) is 31.7 Å². The Morgan fingerprint density at radius 3 is 3.00 bits per heavy atom. The fraction of sp³-hybridized carbons (Fsp3) is 0.636. The fourth-order valence-corrected chi connectivity index (χ4v) is 2.75. The van der Waals surface area contributed by atoms with Gasteiger partial charge in [0.15, 0.2) is 0 Å². The van der Waals surface area contributed by atoms with Crippen molar-refractivity contribution in [2.45, 2.75) is 12.8 Å².